The van der Waals surface area contributed by atoms with Gasteiger partial charge in [0.1, 0.15) is 30.2 Å². The fourth-order valence-electron chi connectivity index (χ4n) is 9.93. The van der Waals surface area contributed by atoms with E-state index in [9.17, 15) is 24.6 Å². The molecule has 0 radical (unpaired) electrons. The van der Waals surface area contributed by atoms with Crippen LogP contribution in [0.3, 0.4) is 0 Å². The van der Waals surface area contributed by atoms with Crippen LogP contribution in [-0.2, 0) is 36.4 Å². The number of anilines is 1. The molecule has 4 heterocycles. The number of ether oxygens (including phenoxy) is 1. The Morgan fingerprint density at radius 3 is 2.47 bits per heavy atom. The Morgan fingerprint density at radius 2 is 1.69 bits per heavy atom. The predicted octanol–water partition coefficient (Wildman–Crippen LogP) is 10.1. The fraction of sp³-hybridized carbons (Fsp3) is 0.436. The van der Waals surface area contributed by atoms with E-state index in [1.807, 2.05) is 18.2 Å². The number of carbonyl (C=O) groups is 3. The van der Waals surface area contributed by atoms with Gasteiger partial charge in [-0.05, 0) is 88.1 Å². The van der Waals surface area contributed by atoms with Gasteiger partial charge in [0.15, 0.2) is 12.3 Å². The van der Waals surface area contributed by atoms with Crippen molar-refractivity contribution in [3.05, 3.63) is 130 Å². The first-order chi connectivity index (χ1) is 32.7. The second-order valence-electron chi connectivity index (χ2n) is 19.2. The zero-order valence-electron chi connectivity index (χ0n) is 40.2. The van der Waals surface area contributed by atoms with E-state index in [1.165, 1.54) is 33.9 Å². The summed E-state index contributed by atoms with van der Waals surface area (Å²) in [7, 11) is 2.13. The molecule has 1 fully saturated rings. The number of phenolic OH excluding ortho intramolecular Hbond substituents is 2. The van der Waals surface area contributed by atoms with E-state index in [0.29, 0.717) is 57.3 Å². The van der Waals surface area contributed by atoms with E-state index in [1.54, 1.807) is 11.0 Å². The number of aromatic hydroxyl groups is 2. The zero-order valence-corrected chi connectivity index (χ0v) is 41.0. The summed E-state index contributed by atoms with van der Waals surface area (Å²) in [6.07, 6.45) is 20.4. The van der Waals surface area contributed by atoms with Gasteiger partial charge in [-0.15, -0.1) is 0 Å². The molecule has 0 spiro atoms. The smallest absolute Gasteiger partial charge is 0.342 e. The van der Waals surface area contributed by atoms with Gasteiger partial charge in [0.25, 0.3) is 5.91 Å². The minimum absolute atomic E-state index is 0.0846. The number of allylic oxidation sites excluding steroid dienone is 7. The van der Waals surface area contributed by atoms with E-state index >= 15 is 0 Å². The number of phenols is 2. The number of likely N-dealkylation sites (tertiary alicyclic amines) is 1. The summed E-state index contributed by atoms with van der Waals surface area (Å²) < 4.78 is 8.28. The lowest BCUT2D eigenvalue weighted by Crippen LogP contribution is -2.37. The Balaban J connectivity index is 0.956. The number of para-hydroxylation sites is 2. The maximum Gasteiger partial charge on any atom is 0.342 e. The van der Waals surface area contributed by atoms with Crippen LogP contribution < -0.4 is 10.2 Å². The van der Waals surface area contributed by atoms with Gasteiger partial charge in [-0.3, -0.25) is 9.59 Å². The average Bonchev–Trinajstić information content (AvgIpc) is 3.65. The highest BCUT2D eigenvalue weighted by Gasteiger charge is 2.43. The molecule has 13 heteroatoms. The Bertz CT molecular complexity index is 2550. The molecule has 0 aliphatic carbocycles. The van der Waals surface area contributed by atoms with Crippen molar-refractivity contribution in [2.75, 3.05) is 44.7 Å². The second-order valence-corrected chi connectivity index (χ2v) is 19.5. The van der Waals surface area contributed by atoms with Crippen molar-refractivity contribution in [1.82, 2.24) is 10.2 Å². The van der Waals surface area contributed by atoms with E-state index < -0.39 is 23.6 Å². The van der Waals surface area contributed by atoms with Crippen molar-refractivity contribution in [2.45, 2.75) is 115 Å². The lowest BCUT2D eigenvalue weighted by molar-refractivity contribution is -0.401. The number of halogens is 1. The Hall–Kier alpha value is -6.14. The number of nitrogens with one attached hydrogen (secondary N) is 1. The predicted molar refractivity (Wildman–Crippen MR) is 269 cm³/mol. The molecular formula is C55H67ClN5O7+. The zero-order chi connectivity index (χ0) is 48.4. The number of esters is 1. The summed E-state index contributed by atoms with van der Waals surface area (Å²) in [5.41, 5.74) is 7.39. The van der Waals surface area contributed by atoms with Crippen molar-refractivity contribution < 1.29 is 38.7 Å². The van der Waals surface area contributed by atoms with Gasteiger partial charge in [0, 0.05) is 92.4 Å². The summed E-state index contributed by atoms with van der Waals surface area (Å²) in [5, 5.41) is 28.7. The molecule has 1 saturated heterocycles. The standard InChI is InChI=1S/C55H66ClN5O7/c1-54(2)41-23-12-14-25-43(41)59(5)47(54)27-20-28-48-55(3,4)42-24-13-15-26-44(42)61(48)34-19-16-29-49(64)57-31-30-39-22-11-8-6-7-10-21-38(58-67-37-50(65)60-32-17-9-18-33-60)35-40-51(53(66)68-39)45(62)36-46(63)52(40)56/h8,10-15,20-21,23-28,36,39H,6-7,9,16-19,22,29-35,37H2,1-5H3,(H2-,57,62,63,64,66)/p+1/b11-8+,21-10+,58-38+. The molecule has 3 N–H and O–H groups in total. The number of piperidine rings is 1. The number of hydrogen-bond donors (Lipinski definition) is 3. The highest BCUT2D eigenvalue weighted by atomic mass is 35.5. The molecule has 0 bridgehead atoms. The maximum atomic E-state index is 13.9. The second kappa shape index (κ2) is 22.3. The molecule has 4 aliphatic heterocycles. The topological polar surface area (TPSA) is 144 Å². The van der Waals surface area contributed by atoms with Gasteiger partial charge in [-0.25, -0.2) is 4.79 Å². The molecule has 7 rings (SSSR count). The molecule has 12 nitrogen and oxygen atoms in total. The number of hydrogen-bond acceptors (Lipinski definition) is 9. The van der Waals surface area contributed by atoms with E-state index in [0.717, 1.165) is 38.3 Å². The lowest BCUT2D eigenvalue weighted by Gasteiger charge is -2.27. The van der Waals surface area contributed by atoms with Crippen LogP contribution in [0.5, 0.6) is 11.5 Å². The largest absolute Gasteiger partial charge is 0.507 e. The van der Waals surface area contributed by atoms with Gasteiger partial charge in [-0.1, -0.05) is 91.3 Å². The van der Waals surface area contributed by atoms with Crippen LogP contribution in [0.15, 0.2) is 108 Å². The van der Waals surface area contributed by atoms with Gasteiger partial charge in [0.05, 0.1) is 16.1 Å². The number of amides is 2. The minimum atomic E-state index is -0.833. The molecule has 3 aromatic carbocycles. The van der Waals surface area contributed by atoms with Crippen LogP contribution in [0.2, 0.25) is 5.02 Å². The number of benzene rings is 3. The van der Waals surface area contributed by atoms with Crippen LogP contribution in [0.1, 0.15) is 119 Å². The maximum absolute atomic E-state index is 13.9. The average molecular weight is 946 g/mol. The first-order valence-corrected chi connectivity index (χ1v) is 24.5. The van der Waals surface area contributed by atoms with Gasteiger partial charge in [0.2, 0.25) is 11.6 Å². The van der Waals surface area contributed by atoms with Crippen LogP contribution in [0.4, 0.5) is 11.4 Å². The summed E-state index contributed by atoms with van der Waals surface area (Å²) in [5.74, 6) is -1.99. The summed E-state index contributed by atoms with van der Waals surface area (Å²) >= 11 is 6.59. The van der Waals surface area contributed by atoms with Crippen molar-refractivity contribution in [2.24, 2.45) is 5.16 Å². The van der Waals surface area contributed by atoms with E-state index in [2.05, 4.69) is 121 Å². The molecule has 68 heavy (non-hydrogen) atoms. The SMILES string of the molecule is C[N+]1=C(/C=C/C=C2/N(CCCCC(=O)NCCC3C/C=C/CC/C=C/C(=N\OCC(=O)N4CCCCC4)Cc4c(Cl)c(O)cc(O)c4C(=O)O3)c3ccccc3C2(C)C)C(C)(C)c2ccccc21. The number of unbranched alkanes of at least 4 members (excludes halogenated alkanes) is 1. The fourth-order valence-corrected chi connectivity index (χ4v) is 10.1. The molecule has 4 aliphatic rings. The third-order valence-electron chi connectivity index (χ3n) is 13.7. The molecular weight excluding hydrogens is 878 g/mol. The Morgan fingerprint density at radius 1 is 0.956 bits per heavy atom. The third-order valence-corrected chi connectivity index (χ3v) is 14.1. The van der Waals surface area contributed by atoms with Crippen LogP contribution >= 0.6 is 11.6 Å². The lowest BCUT2D eigenvalue weighted by atomic mass is 9.81. The number of rotatable bonds is 13. The molecule has 0 saturated carbocycles. The highest BCUT2D eigenvalue weighted by molar-refractivity contribution is 6.33. The number of carbonyl (C=O) groups excluding carboxylic acids is 3. The number of fused-ring (bicyclic) bond motifs is 3. The summed E-state index contributed by atoms with van der Waals surface area (Å²) in [4.78, 5) is 49.5. The van der Waals surface area contributed by atoms with Gasteiger partial charge < -0.3 is 34.9 Å². The van der Waals surface area contributed by atoms with E-state index in [-0.39, 0.29) is 58.4 Å². The quantitative estimate of drug-likeness (QED) is 0.0505. The first kappa shape index (κ1) is 49.8. The van der Waals surface area contributed by atoms with Gasteiger partial charge >= 0.3 is 5.97 Å². The summed E-state index contributed by atoms with van der Waals surface area (Å²) in [6, 6.07) is 18.2. The normalized spacial score (nSPS) is 21.3. The molecule has 2 amide bonds. The highest BCUT2D eigenvalue weighted by Crippen LogP contribution is 2.48. The molecule has 3 aromatic rings. The van der Waals surface area contributed by atoms with Crippen molar-refractivity contribution in [3.8, 4) is 11.5 Å². The number of cyclic esters (lactones) is 1. The first-order valence-electron chi connectivity index (χ1n) is 24.1. The van der Waals surface area contributed by atoms with Crippen LogP contribution in [0, 0.1) is 0 Å². The van der Waals surface area contributed by atoms with Crippen molar-refractivity contribution in [1.29, 1.82) is 0 Å². The number of nitrogens with zero attached hydrogens (tertiary/aromatic N) is 4. The molecule has 1 atom stereocenters. The van der Waals surface area contributed by atoms with Crippen molar-refractivity contribution in [3.63, 3.8) is 0 Å². The molecule has 1 unspecified atom stereocenters. The van der Waals surface area contributed by atoms with E-state index in [4.69, 9.17) is 21.2 Å². The van der Waals surface area contributed by atoms with Gasteiger partial charge in [-0.2, -0.15) is 4.58 Å². The Kier molecular flexibility index (Phi) is 16.3. The summed E-state index contributed by atoms with van der Waals surface area (Å²) in [6.45, 7) is 11.3. The molecule has 360 valence electrons. The monoisotopic (exact) mass is 944 g/mol. The van der Waals surface area contributed by atoms with Crippen LogP contribution in [-0.4, -0.2) is 94.8 Å². The third kappa shape index (κ3) is 11.4. The number of oxime groups is 1. The van der Waals surface area contributed by atoms with Crippen molar-refractivity contribution >= 4 is 52.2 Å². The minimum Gasteiger partial charge on any atom is -0.507 e. The van der Waals surface area contributed by atoms with Crippen LogP contribution in [0.25, 0.3) is 0 Å². The Labute approximate surface area is 406 Å². The molecule has 0 aromatic heterocycles.